The van der Waals surface area contributed by atoms with Crippen molar-refractivity contribution in [1.29, 1.82) is 0 Å². The molecule has 2 amide bonds. The maximum Gasteiger partial charge on any atom is 0.293 e. The lowest BCUT2D eigenvalue weighted by molar-refractivity contribution is -0.123. The second-order valence-electron chi connectivity index (χ2n) is 5.10. The van der Waals surface area contributed by atoms with Gasteiger partial charge in [0.1, 0.15) is 11.6 Å². The molecule has 1 saturated heterocycles. The summed E-state index contributed by atoms with van der Waals surface area (Å²) in [6.45, 7) is -0.0172. The third-order valence-corrected chi connectivity index (χ3v) is 4.67. The highest BCUT2D eigenvalue weighted by atomic mass is 35.5. The summed E-state index contributed by atoms with van der Waals surface area (Å²) in [5.74, 6) is -0.796. The summed E-state index contributed by atoms with van der Waals surface area (Å²) in [6.07, 6.45) is 1.58. The summed E-state index contributed by atoms with van der Waals surface area (Å²) in [6, 6.07) is 10.1. The molecule has 1 aliphatic heterocycles. The molecule has 0 atom stereocenters. The maximum atomic E-state index is 13.1. The molecule has 1 aliphatic rings. The molecule has 2 aromatic rings. The lowest BCUT2D eigenvalue weighted by Crippen LogP contribution is -2.27. The predicted molar refractivity (Wildman–Crippen MR) is 91.0 cm³/mol. The third-order valence-electron chi connectivity index (χ3n) is 3.41. The van der Waals surface area contributed by atoms with Crippen molar-refractivity contribution >= 4 is 40.6 Å². The van der Waals surface area contributed by atoms with Crippen molar-refractivity contribution < 1.29 is 19.1 Å². The van der Waals surface area contributed by atoms with Crippen LogP contribution in [0.2, 0.25) is 5.02 Å². The number of aromatic hydroxyl groups is 1. The van der Waals surface area contributed by atoms with E-state index in [1.165, 1.54) is 24.3 Å². The first-order valence-electron chi connectivity index (χ1n) is 6.92. The van der Waals surface area contributed by atoms with Gasteiger partial charge in [-0.15, -0.1) is 0 Å². The van der Waals surface area contributed by atoms with Crippen molar-refractivity contribution in [2.45, 2.75) is 6.54 Å². The lowest BCUT2D eigenvalue weighted by atomic mass is 10.2. The minimum Gasteiger partial charge on any atom is -0.508 e. The van der Waals surface area contributed by atoms with E-state index in [1.807, 2.05) is 0 Å². The molecular weight excluding hydrogens is 353 g/mol. The van der Waals surface area contributed by atoms with E-state index in [0.29, 0.717) is 11.1 Å². The summed E-state index contributed by atoms with van der Waals surface area (Å²) in [7, 11) is 0. The Morgan fingerprint density at radius 1 is 1.17 bits per heavy atom. The highest BCUT2D eigenvalue weighted by molar-refractivity contribution is 8.18. The van der Waals surface area contributed by atoms with Crippen molar-refractivity contribution in [2.24, 2.45) is 0 Å². The number of hydrogen-bond acceptors (Lipinski definition) is 4. The van der Waals surface area contributed by atoms with Gasteiger partial charge in [-0.25, -0.2) is 4.39 Å². The highest BCUT2D eigenvalue weighted by Gasteiger charge is 2.35. The minimum atomic E-state index is -0.481. The fourth-order valence-electron chi connectivity index (χ4n) is 2.18. The predicted octanol–water partition coefficient (Wildman–Crippen LogP) is 4.42. The van der Waals surface area contributed by atoms with Crippen LogP contribution in [-0.2, 0) is 11.3 Å². The van der Waals surface area contributed by atoms with Crippen LogP contribution in [-0.4, -0.2) is 21.2 Å². The van der Waals surface area contributed by atoms with Crippen molar-refractivity contribution in [1.82, 2.24) is 4.90 Å². The number of carbonyl (C=O) groups excluding carboxylic acids is 2. The number of hydrogen-bond donors (Lipinski definition) is 1. The van der Waals surface area contributed by atoms with Gasteiger partial charge >= 0.3 is 0 Å². The molecule has 0 radical (unpaired) electrons. The van der Waals surface area contributed by atoms with Gasteiger partial charge in [-0.2, -0.15) is 0 Å². The van der Waals surface area contributed by atoms with Gasteiger partial charge in [0.05, 0.1) is 11.4 Å². The summed E-state index contributed by atoms with van der Waals surface area (Å²) in [5.41, 5.74) is 1.18. The molecule has 1 N–H and O–H groups in total. The molecule has 0 aliphatic carbocycles. The number of phenolic OH excluding ortho intramolecular Hbond substituents is 1. The Labute approximate surface area is 146 Å². The Kier molecular flexibility index (Phi) is 4.59. The van der Waals surface area contributed by atoms with Gasteiger partial charge in [-0.1, -0.05) is 29.8 Å². The standard InChI is InChI=1S/C17H11ClFNO3S/c18-14-8-12(19)4-3-11(14)9-20-16(22)15(24-17(20)23)7-10-1-5-13(21)6-2-10/h1-8,21H,9H2/b15-7-. The first kappa shape index (κ1) is 16.5. The van der Waals surface area contributed by atoms with E-state index in [1.54, 1.807) is 18.2 Å². The molecule has 1 fully saturated rings. The first-order chi connectivity index (χ1) is 11.4. The molecule has 2 aromatic carbocycles. The van der Waals surface area contributed by atoms with Crippen molar-refractivity contribution in [2.75, 3.05) is 0 Å². The molecular formula is C17H11ClFNO3S. The Morgan fingerprint density at radius 2 is 1.88 bits per heavy atom. The van der Waals surface area contributed by atoms with Crippen LogP contribution in [0.25, 0.3) is 6.08 Å². The molecule has 0 unspecified atom stereocenters. The fraction of sp³-hybridized carbons (Fsp3) is 0.0588. The van der Waals surface area contributed by atoms with Crippen LogP contribution in [0.15, 0.2) is 47.4 Å². The van der Waals surface area contributed by atoms with Gasteiger partial charge in [0.25, 0.3) is 11.1 Å². The number of imide groups is 1. The molecule has 122 valence electrons. The largest absolute Gasteiger partial charge is 0.508 e. The average molecular weight is 364 g/mol. The summed E-state index contributed by atoms with van der Waals surface area (Å²) in [4.78, 5) is 25.9. The van der Waals surface area contributed by atoms with Gasteiger partial charge < -0.3 is 5.11 Å². The van der Waals surface area contributed by atoms with E-state index in [0.717, 1.165) is 22.7 Å². The van der Waals surface area contributed by atoms with Crippen LogP contribution >= 0.6 is 23.4 Å². The highest BCUT2D eigenvalue weighted by Crippen LogP contribution is 2.34. The number of amides is 2. The van der Waals surface area contributed by atoms with E-state index >= 15 is 0 Å². The summed E-state index contributed by atoms with van der Waals surface area (Å²) in [5, 5.41) is 9.02. The van der Waals surface area contributed by atoms with Crippen molar-refractivity contribution in [3.8, 4) is 5.75 Å². The minimum absolute atomic E-state index is 0.0172. The molecule has 1 heterocycles. The summed E-state index contributed by atoms with van der Waals surface area (Å²) >= 11 is 6.78. The van der Waals surface area contributed by atoms with Gasteiger partial charge in [0.15, 0.2) is 0 Å². The number of halogens is 2. The lowest BCUT2D eigenvalue weighted by Gasteiger charge is -2.13. The monoisotopic (exact) mass is 363 g/mol. The van der Waals surface area contributed by atoms with E-state index < -0.39 is 17.0 Å². The van der Waals surface area contributed by atoms with E-state index in [9.17, 15) is 19.1 Å². The van der Waals surface area contributed by atoms with E-state index in [2.05, 4.69) is 0 Å². The van der Waals surface area contributed by atoms with E-state index in [4.69, 9.17) is 11.6 Å². The zero-order valence-corrected chi connectivity index (χ0v) is 13.8. The fourth-order valence-corrected chi connectivity index (χ4v) is 3.24. The van der Waals surface area contributed by atoms with Crippen molar-refractivity contribution in [3.05, 3.63) is 69.3 Å². The van der Waals surface area contributed by atoms with Gasteiger partial charge in [0, 0.05) is 5.02 Å². The van der Waals surface area contributed by atoms with Crippen LogP contribution in [0.4, 0.5) is 9.18 Å². The number of rotatable bonds is 3. The molecule has 3 rings (SSSR count). The van der Waals surface area contributed by atoms with Crippen LogP contribution < -0.4 is 0 Å². The quantitative estimate of drug-likeness (QED) is 0.820. The Hall–Kier alpha value is -2.31. The van der Waals surface area contributed by atoms with Gasteiger partial charge in [-0.3, -0.25) is 14.5 Å². The second kappa shape index (κ2) is 6.67. The van der Waals surface area contributed by atoms with Gasteiger partial charge in [-0.05, 0) is 53.2 Å². The molecule has 0 bridgehead atoms. The number of carbonyl (C=O) groups is 2. The molecule has 4 nitrogen and oxygen atoms in total. The molecule has 0 spiro atoms. The molecule has 7 heteroatoms. The smallest absolute Gasteiger partial charge is 0.293 e. The van der Waals surface area contributed by atoms with Crippen LogP contribution in [0.5, 0.6) is 5.75 Å². The second-order valence-corrected chi connectivity index (χ2v) is 6.50. The number of nitrogens with zero attached hydrogens (tertiary/aromatic N) is 1. The van der Waals surface area contributed by atoms with Crippen LogP contribution in [0, 0.1) is 5.82 Å². The maximum absolute atomic E-state index is 13.1. The number of phenols is 1. The Bertz CT molecular complexity index is 851. The zero-order chi connectivity index (χ0) is 17.3. The SMILES string of the molecule is O=C1S/C(=C\c2ccc(O)cc2)C(=O)N1Cc1ccc(F)cc1Cl. The average Bonchev–Trinajstić information content (AvgIpc) is 2.79. The van der Waals surface area contributed by atoms with Crippen molar-refractivity contribution in [3.63, 3.8) is 0 Å². The Morgan fingerprint density at radius 3 is 2.54 bits per heavy atom. The van der Waals surface area contributed by atoms with Crippen LogP contribution in [0.3, 0.4) is 0 Å². The van der Waals surface area contributed by atoms with E-state index in [-0.39, 0.29) is 22.2 Å². The third kappa shape index (κ3) is 3.44. The number of thioether (sulfide) groups is 1. The number of benzene rings is 2. The zero-order valence-electron chi connectivity index (χ0n) is 12.2. The van der Waals surface area contributed by atoms with Crippen LogP contribution in [0.1, 0.15) is 11.1 Å². The topological polar surface area (TPSA) is 57.6 Å². The molecule has 0 saturated carbocycles. The molecule has 24 heavy (non-hydrogen) atoms. The molecule has 0 aromatic heterocycles. The van der Waals surface area contributed by atoms with Gasteiger partial charge in [0.2, 0.25) is 0 Å². The Balaban J connectivity index is 1.82. The summed E-state index contributed by atoms with van der Waals surface area (Å²) < 4.78 is 13.1. The first-order valence-corrected chi connectivity index (χ1v) is 8.12. The normalized spacial score (nSPS) is 16.2.